The number of thiazole rings is 1. The lowest BCUT2D eigenvalue weighted by molar-refractivity contribution is -0.116. The van der Waals surface area contributed by atoms with E-state index >= 15 is 0 Å². The van der Waals surface area contributed by atoms with E-state index in [0.29, 0.717) is 6.42 Å². The average molecular weight is 268 g/mol. The van der Waals surface area contributed by atoms with Gasteiger partial charge >= 0.3 is 0 Å². The molecular formula is C12H10F2N2OS. The van der Waals surface area contributed by atoms with Crippen molar-refractivity contribution in [3.63, 3.8) is 0 Å². The van der Waals surface area contributed by atoms with Crippen LogP contribution in [0.1, 0.15) is 12.1 Å². The molecule has 1 N–H and O–H groups in total. The number of amides is 1. The molecule has 0 spiro atoms. The largest absolute Gasteiger partial charge is 0.326 e. The van der Waals surface area contributed by atoms with Gasteiger partial charge in [0.1, 0.15) is 0 Å². The summed E-state index contributed by atoms with van der Waals surface area (Å²) in [4.78, 5) is 15.6. The molecule has 1 aromatic heterocycles. The molecule has 1 heterocycles. The molecule has 2 aromatic rings. The van der Waals surface area contributed by atoms with Crippen molar-refractivity contribution in [1.82, 2.24) is 4.98 Å². The number of benzene rings is 1. The summed E-state index contributed by atoms with van der Waals surface area (Å²) in [7, 11) is 0. The normalized spacial score (nSPS) is 10.3. The topological polar surface area (TPSA) is 42.0 Å². The SMILES string of the molecule is O=C(CCc1cscn1)Nc1ccc(F)c(F)c1. The van der Waals surface area contributed by atoms with Crippen LogP contribution in [0.4, 0.5) is 14.5 Å². The summed E-state index contributed by atoms with van der Waals surface area (Å²) in [6, 6.07) is 3.25. The predicted octanol–water partition coefficient (Wildman–Crippen LogP) is 2.99. The molecule has 0 aliphatic rings. The molecular weight excluding hydrogens is 258 g/mol. The van der Waals surface area contributed by atoms with Crippen LogP contribution in [-0.4, -0.2) is 10.9 Å². The highest BCUT2D eigenvalue weighted by Crippen LogP contribution is 2.13. The standard InChI is InChI=1S/C12H10F2N2OS/c13-10-3-1-8(5-11(10)14)16-12(17)4-2-9-6-18-7-15-9/h1,3,5-7H,2,4H2,(H,16,17). The van der Waals surface area contributed by atoms with Gasteiger partial charge in [0.05, 0.1) is 11.2 Å². The van der Waals surface area contributed by atoms with Crippen LogP contribution in [0.5, 0.6) is 0 Å². The molecule has 0 bridgehead atoms. The van der Waals surface area contributed by atoms with Crippen LogP contribution in [0.15, 0.2) is 29.1 Å². The van der Waals surface area contributed by atoms with Crippen molar-refractivity contribution in [2.24, 2.45) is 0 Å². The van der Waals surface area contributed by atoms with Crippen molar-refractivity contribution in [2.75, 3.05) is 5.32 Å². The molecule has 3 nitrogen and oxygen atoms in total. The van der Waals surface area contributed by atoms with Gasteiger partial charge in [-0.25, -0.2) is 13.8 Å². The van der Waals surface area contributed by atoms with Crippen LogP contribution in [0.3, 0.4) is 0 Å². The number of hydrogen-bond donors (Lipinski definition) is 1. The van der Waals surface area contributed by atoms with E-state index in [4.69, 9.17) is 0 Å². The van der Waals surface area contributed by atoms with Gasteiger partial charge in [-0.3, -0.25) is 4.79 Å². The first-order chi connectivity index (χ1) is 8.65. The number of rotatable bonds is 4. The zero-order valence-electron chi connectivity index (χ0n) is 9.32. The van der Waals surface area contributed by atoms with Crippen molar-refractivity contribution in [2.45, 2.75) is 12.8 Å². The molecule has 1 amide bonds. The number of hydrogen-bond acceptors (Lipinski definition) is 3. The van der Waals surface area contributed by atoms with E-state index in [0.717, 1.165) is 17.8 Å². The van der Waals surface area contributed by atoms with Crippen molar-refractivity contribution >= 4 is 22.9 Å². The highest BCUT2D eigenvalue weighted by atomic mass is 32.1. The van der Waals surface area contributed by atoms with E-state index in [-0.39, 0.29) is 18.0 Å². The number of aromatic nitrogens is 1. The molecule has 0 aliphatic carbocycles. The minimum absolute atomic E-state index is 0.247. The van der Waals surface area contributed by atoms with Gasteiger partial charge in [-0.1, -0.05) is 0 Å². The van der Waals surface area contributed by atoms with E-state index in [2.05, 4.69) is 10.3 Å². The number of carbonyl (C=O) groups is 1. The third-order valence-corrected chi connectivity index (χ3v) is 2.93. The van der Waals surface area contributed by atoms with E-state index in [1.165, 1.54) is 17.4 Å². The van der Waals surface area contributed by atoms with Crippen LogP contribution >= 0.6 is 11.3 Å². The number of nitrogens with zero attached hydrogens (tertiary/aromatic N) is 1. The van der Waals surface area contributed by atoms with Crippen molar-refractivity contribution in [1.29, 1.82) is 0 Å². The molecule has 2 rings (SSSR count). The molecule has 0 saturated carbocycles. The number of carbonyl (C=O) groups excluding carboxylic acids is 1. The molecule has 94 valence electrons. The van der Waals surface area contributed by atoms with Gasteiger partial charge in [-0.2, -0.15) is 0 Å². The first-order valence-corrected chi connectivity index (χ1v) is 6.21. The number of halogens is 2. The summed E-state index contributed by atoms with van der Waals surface area (Å²) in [5.41, 5.74) is 2.79. The number of aryl methyl sites for hydroxylation is 1. The molecule has 0 fully saturated rings. The first kappa shape index (κ1) is 12.6. The molecule has 1 aromatic carbocycles. The Kier molecular flexibility index (Phi) is 3.99. The average Bonchev–Trinajstić information content (AvgIpc) is 2.84. The maximum atomic E-state index is 12.9. The molecule has 0 atom stereocenters. The van der Waals surface area contributed by atoms with E-state index in [1.807, 2.05) is 5.38 Å². The zero-order valence-corrected chi connectivity index (χ0v) is 10.1. The lowest BCUT2D eigenvalue weighted by Gasteiger charge is -2.04. The Hall–Kier alpha value is -1.82. The van der Waals surface area contributed by atoms with E-state index in [9.17, 15) is 13.6 Å². The fraction of sp³-hybridized carbons (Fsp3) is 0.167. The number of anilines is 1. The maximum absolute atomic E-state index is 12.9. The Balaban J connectivity index is 1.88. The zero-order chi connectivity index (χ0) is 13.0. The van der Waals surface area contributed by atoms with Crippen molar-refractivity contribution in [3.8, 4) is 0 Å². The van der Waals surface area contributed by atoms with Crippen molar-refractivity contribution < 1.29 is 13.6 Å². The second kappa shape index (κ2) is 5.68. The quantitative estimate of drug-likeness (QED) is 0.926. The second-order valence-electron chi connectivity index (χ2n) is 3.66. The molecule has 18 heavy (non-hydrogen) atoms. The summed E-state index contributed by atoms with van der Waals surface area (Å²) in [5, 5.41) is 4.37. The fourth-order valence-corrected chi connectivity index (χ4v) is 1.99. The van der Waals surface area contributed by atoms with Gasteiger partial charge in [-0.15, -0.1) is 11.3 Å². The monoisotopic (exact) mass is 268 g/mol. The molecule has 6 heteroatoms. The minimum Gasteiger partial charge on any atom is -0.326 e. The van der Waals surface area contributed by atoms with Gasteiger partial charge in [0, 0.05) is 23.6 Å². The minimum atomic E-state index is -0.979. The Morgan fingerprint density at radius 2 is 2.17 bits per heavy atom. The number of nitrogens with one attached hydrogen (secondary N) is 1. The van der Waals surface area contributed by atoms with Crippen LogP contribution in [0, 0.1) is 11.6 Å². The van der Waals surface area contributed by atoms with Gasteiger partial charge in [0.25, 0.3) is 0 Å². The van der Waals surface area contributed by atoms with Gasteiger partial charge in [-0.05, 0) is 18.6 Å². The lowest BCUT2D eigenvalue weighted by atomic mass is 10.2. The van der Waals surface area contributed by atoms with Crippen LogP contribution < -0.4 is 5.32 Å². The van der Waals surface area contributed by atoms with Crippen LogP contribution in [0.2, 0.25) is 0 Å². The van der Waals surface area contributed by atoms with Gasteiger partial charge in [0.15, 0.2) is 11.6 Å². The molecule has 0 saturated heterocycles. The van der Waals surface area contributed by atoms with E-state index < -0.39 is 11.6 Å². The third-order valence-electron chi connectivity index (χ3n) is 2.30. The van der Waals surface area contributed by atoms with Crippen LogP contribution in [0.25, 0.3) is 0 Å². The molecule has 0 radical (unpaired) electrons. The second-order valence-corrected chi connectivity index (χ2v) is 4.38. The fourth-order valence-electron chi connectivity index (χ4n) is 1.40. The van der Waals surface area contributed by atoms with Gasteiger partial charge in [0.2, 0.25) is 5.91 Å². The summed E-state index contributed by atoms with van der Waals surface area (Å²) in [5.74, 6) is -2.17. The molecule has 0 unspecified atom stereocenters. The smallest absolute Gasteiger partial charge is 0.224 e. The summed E-state index contributed by atoms with van der Waals surface area (Å²) in [6.45, 7) is 0. The predicted molar refractivity (Wildman–Crippen MR) is 65.4 cm³/mol. The first-order valence-electron chi connectivity index (χ1n) is 5.27. The van der Waals surface area contributed by atoms with Crippen molar-refractivity contribution in [3.05, 3.63) is 46.4 Å². The van der Waals surface area contributed by atoms with Gasteiger partial charge < -0.3 is 5.32 Å². The summed E-state index contributed by atoms with van der Waals surface area (Å²) < 4.78 is 25.6. The maximum Gasteiger partial charge on any atom is 0.224 e. The van der Waals surface area contributed by atoms with E-state index in [1.54, 1.807) is 5.51 Å². The Bertz CT molecular complexity index is 543. The Morgan fingerprint density at radius 1 is 1.33 bits per heavy atom. The highest BCUT2D eigenvalue weighted by molar-refractivity contribution is 7.07. The van der Waals surface area contributed by atoms with Crippen LogP contribution in [-0.2, 0) is 11.2 Å². The lowest BCUT2D eigenvalue weighted by Crippen LogP contribution is -2.12. The molecule has 0 aliphatic heterocycles. The summed E-state index contributed by atoms with van der Waals surface area (Å²) in [6.07, 6.45) is 0.780. The Labute approximate surface area is 106 Å². The Morgan fingerprint density at radius 3 is 2.83 bits per heavy atom. The summed E-state index contributed by atoms with van der Waals surface area (Å²) >= 11 is 1.46. The third kappa shape index (κ3) is 3.33. The highest BCUT2D eigenvalue weighted by Gasteiger charge is 2.07.